The van der Waals surface area contributed by atoms with E-state index in [-0.39, 0.29) is 17.4 Å². The molecule has 2 heterocycles. The van der Waals surface area contributed by atoms with Crippen LogP contribution in [0, 0.1) is 5.92 Å². The highest BCUT2D eigenvalue weighted by Gasteiger charge is 2.28. The van der Waals surface area contributed by atoms with Crippen LogP contribution in [0.3, 0.4) is 0 Å². The normalized spacial score (nSPS) is 19.2. The monoisotopic (exact) mass is 317 g/mol. The van der Waals surface area contributed by atoms with Gasteiger partial charge >= 0.3 is 5.97 Å². The third kappa shape index (κ3) is 3.80. The fourth-order valence-electron chi connectivity index (χ4n) is 2.26. The van der Waals surface area contributed by atoms with Crippen LogP contribution in [0.15, 0.2) is 17.3 Å². The molecule has 1 aliphatic heterocycles. The van der Waals surface area contributed by atoms with Crippen molar-refractivity contribution in [2.45, 2.75) is 24.8 Å². The van der Waals surface area contributed by atoms with Crippen molar-refractivity contribution in [1.29, 1.82) is 0 Å². The molecule has 1 N–H and O–H groups in total. The summed E-state index contributed by atoms with van der Waals surface area (Å²) in [4.78, 5) is 10.6. The van der Waals surface area contributed by atoms with Gasteiger partial charge in [0.15, 0.2) is 0 Å². The predicted octanol–water partition coefficient (Wildman–Crippen LogP) is 0.0148. The summed E-state index contributed by atoms with van der Waals surface area (Å²) in [6.45, 7) is 3.40. The van der Waals surface area contributed by atoms with Crippen LogP contribution >= 0.6 is 0 Å². The highest BCUT2D eigenvalue weighted by atomic mass is 32.2. The zero-order valence-electron chi connectivity index (χ0n) is 11.8. The van der Waals surface area contributed by atoms with Crippen molar-refractivity contribution < 1.29 is 23.1 Å². The van der Waals surface area contributed by atoms with Crippen LogP contribution < -0.4 is 0 Å². The quantitative estimate of drug-likeness (QED) is 0.760. The van der Waals surface area contributed by atoms with E-state index in [1.165, 1.54) is 16.7 Å². The second-order valence-corrected chi connectivity index (χ2v) is 6.89. The van der Waals surface area contributed by atoms with Crippen molar-refractivity contribution in [3.8, 4) is 0 Å². The molecule has 1 atom stereocenters. The molecule has 9 heteroatoms. The molecule has 1 unspecified atom stereocenters. The molecule has 1 fully saturated rings. The zero-order valence-corrected chi connectivity index (χ0v) is 12.6. The minimum absolute atomic E-state index is 0.0181. The number of aromatic nitrogens is 2. The van der Waals surface area contributed by atoms with Gasteiger partial charge in [0.1, 0.15) is 11.4 Å². The van der Waals surface area contributed by atoms with Crippen molar-refractivity contribution >= 4 is 16.0 Å². The number of sulfonamides is 1. The molecule has 0 aromatic carbocycles. The summed E-state index contributed by atoms with van der Waals surface area (Å²) in [6.07, 6.45) is 3.29. The SMILES string of the molecule is CCN(CC1CCOC1)S(=O)(=O)c1cnn(CC(=O)O)c1. The lowest BCUT2D eigenvalue weighted by Gasteiger charge is -2.22. The summed E-state index contributed by atoms with van der Waals surface area (Å²) in [5, 5.41) is 12.5. The smallest absolute Gasteiger partial charge is 0.325 e. The van der Waals surface area contributed by atoms with E-state index in [4.69, 9.17) is 9.84 Å². The van der Waals surface area contributed by atoms with Gasteiger partial charge in [-0.2, -0.15) is 9.40 Å². The van der Waals surface area contributed by atoms with E-state index < -0.39 is 16.0 Å². The van der Waals surface area contributed by atoms with E-state index in [2.05, 4.69) is 5.10 Å². The first-order valence-electron chi connectivity index (χ1n) is 6.75. The van der Waals surface area contributed by atoms with Gasteiger partial charge in [-0.1, -0.05) is 6.92 Å². The first-order valence-corrected chi connectivity index (χ1v) is 8.19. The van der Waals surface area contributed by atoms with E-state index in [1.54, 1.807) is 6.92 Å². The summed E-state index contributed by atoms with van der Waals surface area (Å²) in [5.74, 6) is -0.869. The van der Waals surface area contributed by atoms with E-state index >= 15 is 0 Å². The van der Waals surface area contributed by atoms with E-state index in [0.29, 0.717) is 26.3 Å². The van der Waals surface area contributed by atoms with Crippen molar-refractivity contribution in [3.05, 3.63) is 12.4 Å². The largest absolute Gasteiger partial charge is 0.480 e. The van der Waals surface area contributed by atoms with Crippen LogP contribution in [0.1, 0.15) is 13.3 Å². The van der Waals surface area contributed by atoms with Gasteiger partial charge in [-0.3, -0.25) is 9.48 Å². The number of hydrogen-bond donors (Lipinski definition) is 1. The van der Waals surface area contributed by atoms with Crippen LogP contribution in [-0.2, 0) is 26.1 Å². The molecule has 1 aromatic rings. The molecule has 0 saturated carbocycles. The van der Waals surface area contributed by atoms with Crippen LogP contribution in [0.2, 0.25) is 0 Å². The number of carboxylic acids is 1. The Morgan fingerprint density at radius 3 is 2.95 bits per heavy atom. The first kappa shape index (κ1) is 15.9. The van der Waals surface area contributed by atoms with Crippen LogP contribution in [-0.4, -0.2) is 59.9 Å². The van der Waals surface area contributed by atoms with Gasteiger partial charge in [-0.15, -0.1) is 0 Å². The average Bonchev–Trinajstić information content (AvgIpc) is 3.06. The second-order valence-electron chi connectivity index (χ2n) is 4.95. The molecular weight excluding hydrogens is 298 g/mol. The van der Waals surface area contributed by atoms with E-state index in [9.17, 15) is 13.2 Å². The Hall–Kier alpha value is -1.45. The Bertz CT molecular complexity index is 592. The number of aliphatic carboxylic acids is 1. The number of ether oxygens (including phenoxy) is 1. The Kier molecular flexibility index (Phi) is 4.96. The molecule has 21 heavy (non-hydrogen) atoms. The standard InChI is InChI=1S/C12H19N3O5S/c1-2-15(6-10-3-4-20-9-10)21(18,19)11-5-13-14(7-11)8-12(16)17/h5,7,10H,2-4,6,8-9H2,1H3,(H,16,17). The van der Waals surface area contributed by atoms with E-state index in [0.717, 1.165) is 11.1 Å². The fourth-order valence-corrected chi connectivity index (χ4v) is 3.74. The van der Waals surface area contributed by atoms with Crippen molar-refractivity contribution in [2.75, 3.05) is 26.3 Å². The van der Waals surface area contributed by atoms with Gasteiger partial charge in [0.2, 0.25) is 10.0 Å². The third-order valence-corrected chi connectivity index (χ3v) is 5.28. The second kappa shape index (κ2) is 6.54. The highest BCUT2D eigenvalue weighted by molar-refractivity contribution is 7.89. The minimum atomic E-state index is -3.65. The molecule has 2 rings (SSSR count). The number of carbonyl (C=O) groups is 1. The minimum Gasteiger partial charge on any atom is -0.480 e. The fraction of sp³-hybridized carbons (Fsp3) is 0.667. The summed E-state index contributed by atoms with van der Waals surface area (Å²) in [7, 11) is -3.65. The maximum absolute atomic E-state index is 12.5. The summed E-state index contributed by atoms with van der Waals surface area (Å²) in [6, 6.07) is 0. The lowest BCUT2D eigenvalue weighted by molar-refractivity contribution is -0.137. The van der Waals surface area contributed by atoms with E-state index in [1.807, 2.05) is 0 Å². The molecule has 0 radical (unpaired) electrons. The topological polar surface area (TPSA) is 102 Å². The number of carboxylic acid groups (broad SMARTS) is 1. The van der Waals surface area contributed by atoms with Crippen molar-refractivity contribution in [3.63, 3.8) is 0 Å². The third-order valence-electron chi connectivity index (χ3n) is 3.38. The molecule has 1 saturated heterocycles. The van der Waals surface area contributed by atoms with Gasteiger partial charge < -0.3 is 9.84 Å². The molecule has 1 aromatic heterocycles. The van der Waals surface area contributed by atoms with Crippen LogP contribution in [0.5, 0.6) is 0 Å². The molecule has 0 bridgehead atoms. The van der Waals surface area contributed by atoms with Gasteiger partial charge in [0, 0.05) is 25.9 Å². The molecule has 0 amide bonds. The average molecular weight is 317 g/mol. The van der Waals surface area contributed by atoms with Crippen molar-refractivity contribution in [2.24, 2.45) is 5.92 Å². The van der Waals surface area contributed by atoms with Crippen LogP contribution in [0.4, 0.5) is 0 Å². The van der Waals surface area contributed by atoms with Crippen molar-refractivity contribution in [1.82, 2.24) is 14.1 Å². The molecule has 0 aliphatic carbocycles. The molecule has 8 nitrogen and oxygen atoms in total. The maximum atomic E-state index is 12.5. The Morgan fingerprint density at radius 1 is 1.62 bits per heavy atom. The zero-order chi connectivity index (χ0) is 15.5. The molecule has 0 spiro atoms. The number of hydrogen-bond acceptors (Lipinski definition) is 5. The van der Waals surface area contributed by atoms with Gasteiger partial charge in [0.25, 0.3) is 0 Å². The summed E-state index contributed by atoms with van der Waals surface area (Å²) in [5.41, 5.74) is 0. The number of nitrogens with zero attached hydrogens (tertiary/aromatic N) is 3. The van der Waals surface area contributed by atoms with Gasteiger partial charge in [-0.05, 0) is 12.3 Å². The lowest BCUT2D eigenvalue weighted by atomic mass is 10.1. The Morgan fingerprint density at radius 2 is 2.38 bits per heavy atom. The van der Waals surface area contributed by atoms with Crippen LogP contribution in [0.25, 0.3) is 0 Å². The Balaban J connectivity index is 2.13. The van der Waals surface area contributed by atoms with Gasteiger partial charge in [-0.25, -0.2) is 8.42 Å². The lowest BCUT2D eigenvalue weighted by Crippen LogP contribution is -2.35. The molecule has 118 valence electrons. The summed E-state index contributed by atoms with van der Waals surface area (Å²) < 4.78 is 32.8. The highest BCUT2D eigenvalue weighted by Crippen LogP contribution is 2.20. The predicted molar refractivity (Wildman–Crippen MR) is 73.2 cm³/mol. The summed E-state index contributed by atoms with van der Waals surface area (Å²) >= 11 is 0. The maximum Gasteiger partial charge on any atom is 0.325 e. The Labute approximate surface area is 123 Å². The number of rotatable bonds is 7. The first-order chi connectivity index (χ1) is 9.93. The molecular formula is C12H19N3O5S. The molecule has 1 aliphatic rings. The van der Waals surface area contributed by atoms with Gasteiger partial charge in [0.05, 0.1) is 12.8 Å².